The number of carbonyl (C=O) groups excluding carboxylic acids is 2. The van der Waals surface area contributed by atoms with E-state index in [-0.39, 0.29) is 26.9 Å². The lowest BCUT2D eigenvalue weighted by Crippen LogP contribution is -2.24. The van der Waals surface area contributed by atoms with Crippen LogP contribution in [0.3, 0.4) is 0 Å². The van der Waals surface area contributed by atoms with Gasteiger partial charge in [0.25, 0.3) is 11.8 Å². The highest BCUT2D eigenvalue weighted by atomic mass is 79.9. The summed E-state index contributed by atoms with van der Waals surface area (Å²) in [6.07, 6.45) is 0. The molecule has 0 unspecified atom stereocenters. The zero-order valence-electron chi connectivity index (χ0n) is 15.8. The van der Waals surface area contributed by atoms with E-state index in [0.717, 1.165) is 10.6 Å². The van der Waals surface area contributed by atoms with Crippen LogP contribution < -0.4 is 5.32 Å². The molecule has 0 saturated heterocycles. The van der Waals surface area contributed by atoms with Crippen molar-refractivity contribution in [2.75, 3.05) is 12.4 Å². The molecule has 2 aromatic carbocycles. The van der Waals surface area contributed by atoms with Crippen LogP contribution in [-0.4, -0.2) is 28.7 Å². The second-order valence-electron chi connectivity index (χ2n) is 6.39. The number of aromatic nitrogens is 1. The molecule has 0 radical (unpaired) electrons. The molecular formula is C20H13BrN6O2S. The number of halogens is 1. The Morgan fingerprint density at radius 2 is 1.93 bits per heavy atom. The molecule has 0 saturated carbocycles. The van der Waals surface area contributed by atoms with Crippen molar-refractivity contribution in [1.82, 2.24) is 9.88 Å². The molecular weight excluding hydrogens is 468 g/mol. The second kappa shape index (κ2) is 7.78. The highest BCUT2D eigenvalue weighted by molar-refractivity contribution is 9.10. The molecule has 4 rings (SSSR count). The number of nitriles is 1. The zero-order chi connectivity index (χ0) is 21.4. The van der Waals surface area contributed by atoms with E-state index in [0.29, 0.717) is 15.8 Å². The number of hydrogen-bond donors (Lipinski definition) is 1. The van der Waals surface area contributed by atoms with Gasteiger partial charge in [-0.2, -0.15) is 5.26 Å². The molecule has 0 fully saturated rings. The Kier molecular flexibility index (Phi) is 5.15. The summed E-state index contributed by atoms with van der Waals surface area (Å²) >= 11 is 4.64. The zero-order valence-corrected chi connectivity index (χ0v) is 18.2. The standard InChI is InChI=1S/C20H13BrN6O2S/c1-10-17(30-20(23-10)24-12-6-4-3-5-7-12)26-25-16-11(9-22)8-13-14(15(16)21)19(29)27(2)18(13)28/h3-8H,1-2H3,(H,23,24). The molecule has 1 N–H and O–H groups in total. The van der Waals surface area contributed by atoms with Crippen LogP contribution in [0.2, 0.25) is 0 Å². The van der Waals surface area contributed by atoms with Crippen molar-refractivity contribution >= 4 is 60.6 Å². The molecule has 2 heterocycles. The third-order valence-electron chi connectivity index (χ3n) is 4.45. The number of benzene rings is 2. The molecule has 0 spiro atoms. The molecule has 0 atom stereocenters. The van der Waals surface area contributed by atoms with Crippen LogP contribution in [0.1, 0.15) is 32.0 Å². The number of azo groups is 1. The molecule has 3 aromatic rings. The van der Waals surface area contributed by atoms with Gasteiger partial charge in [0.2, 0.25) is 0 Å². The SMILES string of the molecule is Cc1nc(Nc2ccccc2)sc1N=Nc1c(C#N)cc2c(c1Br)C(=O)N(C)C2=O. The van der Waals surface area contributed by atoms with Crippen LogP contribution in [-0.2, 0) is 0 Å². The molecule has 0 bridgehead atoms. The average Bonchev–Trinajstić information content (AvgIpc) is 3.19. The molecule has 8 nitrogen and oxygen atoms in total. The van der Waals surface area contributed by atoms with Gasteiger partial charge in [-0.25, -0.2) is 4.98 Å². The van der Waals surface area contributed by atoms with Gasteiger partial charge in [0.15, 0.2) is 10.1 Å². The number of para-hydroxylation sites is 1. The lowest BCUT2D eigenvalue weighted by Gasteiger charge is -2.05. The van der Waals surface area contributed by atoms with Crippen molar-refractivity contribution in [2.24, 2.45) is 10.2 Å². The summed E-state index contributed by atoms with van der Waals surface area (Å²) in [7, 11) is 1.40. The van der Waals surface area contributed by atoms with Crippen molar-refractivity contribution in [1.29, 1.82) is 5.26 Å². The van der Waals surface area contributed by atoms with Crippen LogP contribution in [0.4, 0.5) is 21.5 Å². The van der Waals surface area contributed by atoms with Gasteiger partial charge in [0.05, 0.1) is 26.9 Å². The topological polar surface area (TPSA) is 111 Å². The summed E-state index contributed by atoms with van der Waals surface area (Å²) in [5.74, 6) is -0.906. The quantitative estimate of drug-likeness (QED) is 0.392. The first-order chi connectivity index (χ1) is 14.4. The minimum atomic E-state index is -0.453. The van der Waals surface area contributed by atoms with Crippen molar-refractivity contribution < 1.29 is 9.59 Å². The van der Waals surface area contributed by atoms with Gasteiger partial charge in [0.1, 0.15) is 11.8 Å². The second-order valence-corrected chi connectivity index (χ2v) is 8.16. The van der Waals surface area contributed by atoms with Crippen LogP contribution in [0, 0.1) is 18.3 Å². The highest BCUT2D eigenvalue weighted by Crippen LogP contribution is 2.40. The predicted octanol–water partition coefficient (Wildman–Crippen LogP) is 5.47. The lowest BCUT2D eigenvalue weighted by atomic mass is 10.0. The van der Waals surface area contributed by atoms with Crippen LogP contribution in [0.25, 0.3) is 0 Å². The molecule has 1 aliphatic rings. The van der Waals surface area contributed by atoms with Gasteiger partial charge in [-0.15, -0.1) is 10.2 Å². The number of thiazole rings is 1. The maximum absolute atomic E-state index is 12.4. The third-order valence-corrected chi connectivity index (χ3v) is 6.18. The molecule has 148 valence electrons. The fourth-order valence-electron chi connectivity index (χ4n) is 2.92. The molecule has 30 heavy (non-hydrogen) atoms. The maximum atomic E-state index is 12.4. The predicted molar refractivity (Wildman–Crippen MR) is 116 cm³/mol. The van der Waals surface area contributed by atoms with Crippen LogP contribution in [0.15, 0.2) is 51.1 Å². The van der Waals surface area contributed by atoms with Crippen LogP contribution in [0.5, 0.6) is 0 Å². The number of nitrogens with one attached hydrogen (secondary N) is 1. The minimum Gasteiger partial charge on any atom is -0.331 e. The van der Waals surface area contributed by atoms with Gasteiger partial charge < -0.3 is 5.32 Å². The lowest BCUT2D eigenvalue weighted by molar-refractivity contribution is 0.0693. The number of aryl methyl sites for hydroxylation is 1. The van der Waals surface area contributed by atoms with Gasteiger partial charge in [0, 0.05) is 12.7 Å². The maximum Gasteiger partial charge on any atom is 0.262 e. The van der Waals surface area contributed by atoms with Gasteiger partial charge in [-0.05, 0) is 41.1 Å². The van der Waals surface area contributed by atoms with Gasteiger partial charge in [-0.1, -0.05) is 29.5 Å². The van der Waals surface area contributed by atoms with E-state index in [4.69, 9.17) is 0 Å². The van der Waals surface area contributed by atoms with Crippen molar-refractivity contribution in [3.63, 3.8) is 0 Å². The van der Waals surface area contributed by atoms with E-state index in [1.54, 1.807) is 6.92 Å². The Hall–Kier alpha value is -3.42. The first kappa shape index (κ1) is 19.9. The van der Waals surface area contributed by atoms with E-state index < -0.39 is 11.8 Å². The summed E-state index contributed by atoms with van der Waals surface area (Å²) in [6, 6.07) is 13.0. The van der Waals surface area contributed by atoms with E-state index in [9.17, 15) is 14.9 Å². The monoisotopic (exact) mass is 480 g/mol. The number of carbonyl (C=O) groups is 2. The summed E-state index contributed by atoms with van der Waals surface area (Å²) in [5, 5.41) is 22.4. The van der Waals surface area contributed by atoms with Gasteiger partial charge >= 0.3 is 0 Å². The first-order valence-electron chi connectivity index (χ1n) is 8.71. The Labute approximate surface area is 184 Å². The number of rotatable bonds is 4. The summed E-state index contributed by atoms with van der Waals surface area (Å²) < 4.78 is 0.271. The Bertz CT molecular complexity index is 1260. The first-order valence-corrected chi connectivity index (χ1v) is 10.3. The third kappa shape index (κ3) is 3.38. The molecule has 1 aromatic heterocycles. The fourth-order valence-corrected chi connectivity index (χ4v) is 4.40. The molecule has 10 heteroatoms. The van der Waals surface area contributed by atoms with E-state index >= 15 is 0 Å². The Morgan fingerprint density at radius 3 is 2.63 bits per heavy atom. The fraction of sp³-hybridized carbons (Fsp3) is 0.100. The Morgan fingerprint density at radius 1 is 1.20 bits per heavy atom. The number of amides is 2. The van der Waals surface area contributed by atoms with Crippen molar-refractivity contribution in [3.05, 3.63) is 63.3 Å². The summed E-state index contributed by atoms with van der Waals surface area (Å²) in [5.41, 5.74) is 2.26. The van der Waals surface area contributed by atoms with E-state index in [1.807, 2.05) is 36.4 Å². The summed E-state index contributed by atoms with van der Waals surface area (Å²) in [6.45, 7) is 1.81. The summed E-state index contributed by atoms with van der Waals surface area (Å²) in [4.78, 5) is 30.1. The molecule has 2 amide bonds. The number of nitrogens with zero attached hydrogens (tertiary/aromatic N) is 5. The van der Waals surface area contributed by atoms with Gasteiger partial charge in [-0.3, -0.25) is 14.5 Å². The van der Waals surface area contributed by atoms with E-state index in [1.165, 1.54) is 24.5 Å². The smallest absolute Gasteiger partial charge is 0.262 e. The molecule has 1 aliphatic heterocycles. The average molecular weight is 481 g/mol. The largest absolute Gasteiger partial charge is 0.331 e. The molecule has 0 aliphatic carbocycles. The van der Waals surface area contributed by atoms with Crippen LogP contribution >= 0.6 is 27.3 Å². The number of anilines is 2. The van der Waals surface area contributed by atoms with E-state index in [2.05, 4.69) is 36.5 Å². The Balaban J connectivity index is 1.70. The minimum absolute atomic E-state index is 0.144. The van der Waals surface area contributed by atoms with Crippen molar-refractivity contribution in [2.45, 2.75) is 6.92 Å². The van der Waals surface area contributed by atoms with Crippen molar-refractivity contribution in [3.8, 4) is 6.07 Å². The number of hydrogen-bond acceptors (Lipinski definition) is 8. The highest BCUT2D eigenvalue weighted by Gasteiger charge is 2.37. The normalized spacial score (nSPS) is 13.1. The number of imide groups is 1. The number of fused-ring (bicyclic) bond motifs is 1.